The standard InChI is InChI=1S/C31H22Cl2F6N2O3/c32-25-6-5-17(10-26(25)33)9-23-15-24(44-29(43)20-11-18-3-1-2-4-27(18)40-16-20)7-8-41(23)28(42)19-12-21(30(34,35)36)14-22(13-19)31(37,38)39/h1-6,10-14,16,23-24H,7-9,15H2/t23-,24+/m1/s1. The Labute approximate surface area is 257 Å². The molecule has 0 spiro atoms. The van der Waals surface area contributed by atoms with Gasteiger partial charge >= 0.3 is 18.3 Å². The topological polar surface area (TPSA) is 59.5 Å². The third-order valence-electron chi connectivity index (χ3n) is 7.32. The minimum absolute atomic E-state index is 0.0305. The van der Waals surface area contributed by atoms with E-state index in [1.165, 1.54) is 17.2 Å². The number of fused-ring (bicyclic) bond motifs is 1. The highest BCUT2D eigenvalue weighted by atomic mass is 35.5. The molecule has 4 aromatic rings. The third-order valence-corrected chi connectivity index (χ3v) is 8.06. The van der Waals surface area contributed by atoms with Crippen molar-refractivity contribution in [1.29, 1.82) is 0 Å². The second-order valence-corrected chi connectivity index (χ2v) is 11.2. The molecule has 1 aliphatic heterocycles. The molecule has 1 amide bonds. The van der Waals surface area contributed by atoms with Crippen LogP contribution in [0.3, 0.4) is 0 Å². The molecular formula is C31H22Cl2F6N2O3. The van der Waals surface area contributed by atoms with Crippen LogP contribution in [0.1, 0.15) is 50.2 Å². The lowest BCUT2D eigenvalue weighted by molar-refractivity contribution is -0.143. The zero-order valence-corrected chi connectivity index (χ0v) is 24.1. The Morgan fingerprint density at radius 2 is 1.55 bits per heavy atom. The first-order chi connectivity index (χ1) is 20.7. The van der Waals surface area contributed by atoms with Crippen LogP contribution in [-0.4, -0.2) is 40.5 Å². The second kappa shape index (κ2) is 12.3. The van der Waals surface area contributed by atoms with Crippen LogP contribution in [0, 0.1) is 0 Å². The molecule has 2 atom stereocenters. The number of hydrogen-bond donors (Lipinski definition) is 0. The van der Waals surface area contributed by atoms with Gasteiger partial charge in [0.05, 0.1) is 32.3 Å². The molecule has 0 unspecified atom stereocenters. The van der Waals surface area contributed by atoms with Gasteiger partial charge in [-0.05, 0) is 54.4 Å². The number of alkyl halides is 6. The Bertz CT molecular complexity index is 1690. The van der Waals surface area contributed by atoms with Gasteiger partial charge in [0.1, 0.15) is 6.10 Å². The van der Waals surface area contributed by atoms with E-state index in [0.717, 1.165) is 5.39 Å². The lowest BCUT2D eigenvalue weighted by Crippen LogP contribution is -2.49. The molecule has 0 N–H and O–H groups in total. The van der Waals surface area contributed by atoms with Gasteiger partial charge in [0.25, 0.3) is 5.91 Å². The zero-order chi connectivity index (χ0) is 31.8. The van der Waals surface area contributed by atoms with Crippen molar-refractivity contribution in [2.75, 3.05) is 6.54 Å². The molecular weight excluding hydrogens is 633 g/mol. The number of hydrogen-bond acceptors (Lipinski definition) is 4. The number of ether oxygens (including phenoxy) is 1. The summed E-state index contributed by atoms with van der Waals surface area (Å²) in [5, 5.41) is 1.21. The van der Waals surface area contributed by atoms with E-state index < -0.39 is 53.1 Å². The van der Waals surface area contributed by atoms with E-state index in [-0.39, 0.29) is 47.5 Å². The lowest BCUT2D eigenvalue weighted by Gasteiger charge is -2.39. The summed E-state index contributed by atoms with van der Waals surface area (Å²) < 4.78 is 86.8. The molecule has 3 aromatic carbocycles. The summed E-state index contributed by atoms with van der Waals surface area (Å²) in [5.41, 5.74) is -2.46. The minimum Gasteiger partial charge on any atom is -0.459 e. The van der Waals surface area contributed by atoms with Crippen molar-refractivity contribution in [3.63, 3.8) is 0 Å². The van der Waals surface area contributed by atoms with E-state index in [9.17, 15) is 35.9 Å². The Balaban J connectivity index is 1.43. The number of pyridine rings is 1. The molecule has 0 radical (unpaired) electrons. The number of benzene rings is 3. The van der Waals surface area contributed by atoms with Gasteiger partial charge in [-0.3, -0.25) is 9.78 Å². The Morgan fingerprint density at radius 1 is 0.864 bits per heavy atom. The number of likely N-dealkylation sites (tertiary alicyclic amines) is 1. The van der Waals surface area contributed by atoms with Crippen LogP contribution in [0.5, 0.6) is 0 Å². The fourth-order valence-electron chi connectivity index (χ4n) is 5.17. The molecule has 1 aromatic heterocycles. The molecule has 1 aliphatic rings. The maximum Gasteiger partial charge on any atom is 0.416 e. The van der Waals surface area contributed by atoms with Crippen LogP contribution in [0.2, 0.25) is 10.0 Å². The average molecular weight is 655 g/mol. The fraction of sp³-hybridized carbons (Fsp3) is 0.258. The number of para-hydroxylation sites is 1. The van der Waals surface area contributed by atoms with Gasteiger partial charge in [0.15, 0.2) is 0 Å². The highest BCUT2D eigenvalue weighted by Crippen LogP contribution is 2.37. The van der Waals surface area contributed by atoms with Gasteiger partial charge in [0.2, 0.25) is 0 Å². The summed E-state index contributed by atoms with van der Waals surface area (Å²) in [5.74, 6) is -1.68. The summed E-state index contributed by atoms with van der Waals surface area (Å²) in [6.07, 6.45) is -9.30. The number of esters is 1. The van der Waals surface area contributed by atoms with Crippen LogP contribution in [0.25, 0.3) is 10.9 Å². The molecule has 230 valence electrons. The fourth-order valence-corrected chi connectivity index (χ4v) is 5.49. The van der Waals surface area contributed by atoms with Crippen molar-refractivity contribution >= 4 is 46.0 Å². The third kappa shape index (κ3) is 7.10. The normalized spacial score (nSPS) is 17.5. The highest BCUT2D eigenvalue weighted by molar-refractivity contribution is 6.42. The summed E-state index contributed by atoms with van der Waals surface area (Å²) >= 11 is 12.2. The van der Waals surface area contributed by atoms with E-state index in [1.54, 1.807) is 42.5 Å². The number of halogens is 8. The van der Waals surface area contributed by atoms with E-state index in [0.29, 0.717) is 23.2 Å². The second-order valence-electron chi connectivity index (χ2n) is 10.4. The molecule has 0 bridgehead atoms. The largest absolute Gasteiger partial charge is 0.459 e. The smallest absolute Gasteiger partial charge is 0.416 e. The van der Waals surface area contributed by atoms with Crippen molar-refractivity contribution in [1.82, 2.24) is 9.88 Å². The van der Waals surface area contributed by atoms with E-state index in [1.807, 2.05) is 0 Å². The summed E-state index contributed by atoms with van der Waals surface area (Å²) in [4.78, 5) is 32.1. The van der Waals surface area contributed by atoms with Crippen LogP contribution < -0.4 is 0 Å². The Hall–Kier alpha value is -3.83. The van der Waals surface area contributed by atoms with Crippen LogP contribution in [0.4, 0.5) is 26.3 Å². The molecule has 5 rings (SSSR count). The molecule has 2 heterocycles. The number of amides is 1. The first kappa shape index (κ1) is 31.6. The summed E-state index contributed by atoms with van der Waals surface area (Å²) in [6, 6.07) is 13.5. The minimum atomic E-state index is -5.12. The molecule has 13 heteroatoms. The monoisotopic (exact) mass is 654 g/mol. The molecule has 0 aliphatic carbocycles. The van der Waals surface area contributed by atoms with Gasteiger partial charge < -0.3 is 9.64 Å². The Kier molecular flexibility index (Phi) is 8.82. The van der Waals surface area contributed by atoms with Crippen LogP contribution in [0.15, 0.2) is 72.9 Å². The van der Waals surface area contributed by atoms with Crippen molar-refractivity contribution in [2.24, 2.45) is 0 Å². The predicted molar refractivity (Wildman–Crippen MR) is 152 cm³/mol. The maximum absolute atomic E-state index is 13.6. The zero-order valence-electron chi connectivity index (χ0n) is 22.6. The van der Waals surface area contributed by atoms with Crippen molar-refractivity contribution in [3.05, 3.63) is 111 Å². The van der Waals surface area contributed by atoms with Crippen LogP contribution >= 0.6 is 23.2 Å². The van der Waals surface area contributed by atoms with Crippen LogP contribution in [-0.2, 0) is 23.5 Å². The van der Waals surface area contributed by atoms with Gasteiger partial charge in [0, 0.05) is 42.6 Å². The van der Waals surface area contributed by atoms with E-state index in [2.05, 4.69) is 4.98 Å². The molecule has 0 saturated carbocycles. The van der Waals surface area contributed by atoms with Crippen molar-refractivity contribution in [2.45, 2.75) is 43.8 Å². The SMILES string of the molecule is O=C(O[C@H]1CCN(C(=O)c2cc(C(F)(F)F)cc(C(F)(F)F)c2)[C@H](Cc2ccc(Cl)c(Cl)c2)C1)c1cnc2ccccc2c1. The molecule has 1 fully saturated rings. The molecule has 1 saturated heterocycles. The van der Waals surface area contributed by atoms with E-state index in [4.69, 9.17) is 27.9 Å². The number of piperidine rings is 1. The number of carbonyl (C=O) groups is 2. The first-order valence-electron chi connectivity index (χ1n) is 13.3. The molecule has 5 nitrogen and oxygen atoms in total. The average Bonchev–Trinajstić information content (AvgIpc) is 2.97. The van der Waals surface area contributed by atoms with Gasteiger partial charge in [-0.25, -0.2) is 4.79 Å². The number of carbonyl (C=O) groups excluding carboxylic acids is 2. The predicted octanol–water partition coefficient (Wildman–Crippen LogP) is 8.65. The molecule has 44 heavy (non-hydrogen) atoms. The number of nitrogens with zero attached hydrogens (tertiary/aromatic N) is 2. The Morgan fingerprint density at radius 3 is 2.20 bits per heavy atom. The van der Waals surface area contributed by atoms with E-state index >= 15 is 0 Å². The van der Waals surface area contributed by atoms with Gasteiger partial charge in [-0.15, -0.1) is 0 Å². The first-order valence-corrected chi connectivity index (χ1v) is 14.0. The summed E-state index contributed by atoms with van der Waals surface area (Å²) in [6.45, 7) is -0.101. The van der Waals surface area contributed by atoms with Gasteiger partial charge in [-0.1, -0.05) is 47.5 Å². The lowest BCUT2D eigenvalue weighted by atomic mass is 9.92. The maximum atomic E-state index is 13.6. The highest BCUT2D eigenvalue weighted by Gasteiger charge is 2.40. The quantitative estimate of drug-likeness (QED) is 0.160. The number of rotatable bonds is 5. The summed E-state index contributed by atoms with van der Waals surface area (Å²) in [7, 11) is 0. The van der Waals surface area contributed by atoms with Gasteiger partial charge in [-0.2, -0.15) is 26.3 Å². The number of aromatic nitrogens is 1. The van der Waals surface area contributed by atoms with Crippen molar-refractivity contribution in [3.8, 4) is 0 Å². The van der Waals surface area contributed by atoms with Crippen molar-refractivity contribution < 1.29 is 40.7 Å².